The molecule has 1 aromatic carbocycles. The second-order valence-electron chi connectivity index (χ2n) is 5.98. The molecule has 0 bridgehead atoms. The SMILES string of the molecule is CCCC(CC)(CCC)C(=O)CCc1ccccc1C. The van der Waals surface area contributed by atoms with E-state index in [9.17, 15) is 4.79 Å². The molecular formula is C19H30O. The van der Waals surface area contributed by atoms with Gasteiger partial charge in [0.05, 0.1) is 0 Å². The van der Waals surface area contributed by atoms with Crippen LogP contribution in [0.3, 0.4) is 0 Å². The van der Waals surface area contributed by atoms with Gasteiger partial charge < -0.3 is 0 Å². The summed E-state index contributed by atoms with van der Waals surface area (Å²) in [7, 11) is 0. The highest BCUT2D eigenvalue weighted by atomic mass is 16.1. The van der Waals surface area contributed by atoms with Crippen LogP contribution in [0.4, 0.5) is 0 Å². The first-order valence-electron chi connectivity index (χ1n) is 8.17. The van der Waals surface area contributed by atoms with Crippen LogP contribution >= 0.6 is 0 Å². The van der Waals surface area contributed by atoms with Crippen molar-refractivity contribution in [2.24, 2.45) is 5.41 Å². The summed E-state index contributed by atoms with van der Waals surface area (Å²) in [5, 5.41) is 0. The summed E-state index contributed by atoms with van der Waals surface area (Å²) in [6.45, 7) is 8.69. The molecule has 1 rings (SSSR count). The molecule has 0 saturated carbocycles. The van der Waals surface area contributed by atoms with Crippen LogP contribution in [0.1, 0.15) is 70.4 Å². The molecule has 0 aliphatic carbocycles. The summed E-state index contributed by atoms with van der Waals surface area (Å²) in [6.07, 6.45) is 6.86. The van der Waals surface area contributed by atoms with E-state index < -0.39 is 0 Å². The summed E-state index contributed by atoms with van der Waals surface area (Å²) in [4.78, 5) is 12.8. The lowest BCUT2D eigenvalue weighted by molar-refractivity contribution is -0.130. The number of carbonyl (C=O) groups is 1. The van der Waals surface area contributed by atoms with E-state index in [-0.39, 0.29) is 5.41 Å². The second-order valence-corrected chi connectivity index (χ2v) is 5.98. The standard InChI is InChI=1S/C19H30O/c1-5-14-19(7-3,15-6-2)18(20)13-12-17-11-9-8-10-16(17)4/h8-11H,5-7,12-15H2,1-4H3. The van der Waals surface area contributed by atoms with Gasteiger partial charge in [-0.3, -0.25) is 4.79 Å². The van der Waals surface area contributed by atoms with E-state index in [0.717, 1.165) is 38.5 Å². The van der Waals surface area contributed by atoms with Crippen molar-refractivity contribution in [2.45, 2.75) is 72.6 Å². The van der Waals surface area contributed by atoms with Crippen LogP contribution in [0.25, 0.3) is 0 Å². The number of benzene rings is 1. The van der Waals surface area contributed by atoms with Crippen LogP contribution in [0.2, 0.25) is 0 Å². The molecule has 20 heavy (non-hydrogen) atoms. The largest absolute Gasteiger partial charge is 0.299 e. The third kappa shape index (κ3) is 4.19. The monoisotopic (exact) mass is 274 g/mol. The molecule has 0 fully saturated rings. The number of aryl methyl sites for hydroxylation is 2. The Bertz CT molecular complexity index is 414. The van der Waals surface area contributed by atoms with E-state index in [1.165, 1.54) is 11.1 Å². The average Bonchev–Trinajstić information content (AvgIpc) is 2.45. The Morgan fingerprint density at radius 1 is 1.05 bits per heavy atom. The van der Waals surface area contributed by atoms with Gasteiger partial charge in [0.1, 0.15) is 5.78 Å². The first kappa shape index (κ1) is 16.9. The number of rotatable bonds is 9. The maximum absolute atomic E-state index is 12.8. The Balaban J connectivity index is 2.74. The molecule has 0 aliphatic heterocycles. The molecule has 1 aromatic rings. The van der Waals surface area contributed by atoms with E-state index in [0.29, 0.717) is 12.2 Å². The molecule has 0 atom stereocenters. The van der Waals surface area contributed by atoms with Crippen molar-refractivity contribution < 1.29 is 4.79 Å². The van der Waals surface area contributed by atoms with Crippen LogP contribution in [0.5, 0.6) is 0 Å². The Hall–Kier alpha value is -1.11. The molecule has 0 saturated heterocycles. The van der Waals surface area contributed by atoms with Gasteiger partial charge in [0, 0.05) is 11.8 Å². The smallest absolute Gasteiger partial charge is 0.139 e. The molecule has 0 spiro atoms. The Morgan fingerprint density at radius 2 is 1.65 bits per heavy atom. The quantitative estimate of drug-likeness (QED) is 0.581. The van der Waals surface area contributed by atoms with E-state index in [1.807, 2.05) is 0 Å². The van der Waals surface area contributed by atoms with Crippen molar-refractivity contribution >= 4 is 5.78 Å². The molecular weight excluding hydrogens is 244 g/mol. The Labute approximate surface area is 124 Å². The highest BCUT2D eigenvalue weighted by molar-refractivity contribution is 5.85. The zero-order valence-electron chi connectivity index (χ0n) is 13.7. The number of Topliss-reactive ketones (excluding diaryl/α,β-unsaturated/α-hetero) is 1. The van der Waals surface area contributed by atoms with Gasteiger partial charge in [0.25, 0.3) is 0 Å². The maximum Gasteiger partial charge on any atom is 0.139 e. The molecule has 0 radical (unpaired) electrons. The summed E-state index contributed by atoms with van der Waals surface area (Å²) in [5.41, 5.74) is 2.55. The van der Waals surface area contributed by atoms with Gasteiger partial charge in [-0.05, 0) is 43.7 Å². The summed E-state index contributed by atoms with van der Waals surface area (Å²) < 4.78 is 0. The van der Waals surface area contributed by atoms with E-state index >= 15 is 0 Å². The average molecular weight is 274 g/mol. The minimum Gasteiger partial charge on any atom is -0.299 e. The van der Waals surface area contributed by atoms with Gasteiger partial charge in [-0.2, -0.15) is 0 Å². The van der Waals surface area contributed by atoms with Crippen molar-refractivity contribution in [3.05, 3.63) is 35.4 Å². The molecule has 0 unspecified atom stereocenters. The molecule has 112 valence electrons. The third-order valence-electron chi connectivity index (χ3n) is 4.61. The predicted molar refractivity (Wildman–Crippen MR) is 87.0 cm³/mol. The summed E-state index contributed by atoms with van der Waals surface area (Å²) in [6, 6.07) is 8.41. The topological polar surface area (TPSA) is 17.1 Å². The molecule has 0 heterocycles. The zero-order chi connectivity index (χ0) is 15.0. The summed E-state index contributed by atoms with van der Waals surface area (Å²) in [5.74, 6) is 0.479. The third-order valence-corrected chi connectivity index (χ3v) is 4.61. The van der Waals surface area contributed by atoms with E-state index in [4.69, 9.17) is 0 Å². The molecule has 1 heteroatoms. The minimum absolute atomic E-state index is 0.0633. The van der Waals surface area contributed by atoms with Crippen molar-refractivity contribution in [3.8, 4) is 0 Å². The zero-order valence-corrected chi connectivity index (χ0v) is 13.7. The molecule has 1 nitrogen and oxygen atoms in total. The van der Waals surface area contributed by atoms with E-state index in [2.05, 4.69) is 52.0 Å². The van der Waals surface area contributed by atoms with Crippen LogP contribution in [-0.2, 0) is 11.2 Å². The molecule has 0 aromatic heterocycles. The highest BCUT2D eigenvalue weighted by Crippen LogP contribution is 2.36. The van der Waals surface area contributed by atoms with Crippen LogP contribution < -0.4 is 0 Å². The summed E-state index contributed by atoms with van der Waals surface area (Å²) >= 11 is 0. The predicted octanol–water partition coefficient (Wildman–Crippen LogP) is 5.49. The van der Waals surface area contributed by atoms with Gasteiger partial charge in [0.2, 0.25) is 0 Å². The molecule has 0 N–H and O–H groups in total. The molecule has 0 aliphatic rings. The highest BCUT2D eigenvalue weighted by Gasteiger charge is 2.33. The van der Waals surface area contributed by atoms with Gasteiger partial charge >= 0.3 is 0 Å². The fraction of sp³-hybridized carbons (Fsp3) is 0.632. The number of ketones is 1. The van der Waals surface area contributed by atoms with Crippen molar-refractivity contribution in [3.63, 3.8) is 0 Å². The maximum atomic E-state index is 12.8. The number of hydrogen-bond acceptors (Lipinski definition) is 1. The van der Waals surface area contributed by atoms with Gasteiger partial charge in [-0.15, -0.1) is 0 Å². The normalized spacial score (nSPS) is 11.6. The lowest BCUT2D eigenvalue weighted by Crippen LogP contribution is -2.30. The van der Waals surface area contributed by atoms with Crippen molar-refractivity contribution in [2.75, 3.05) is 0 Å². The number of hydrogen-bond donors (Lipinski definition) is 0. The van der Waals surface area contributed by atoms with Crippen molar-refractivity contribution in [1.82, 2.24) is 0 Å². The van der Waals surface area contributed by atoms with Gasteiger partial charge in [-0.25, -0.2) is 0 Å². The van der Waals surface area contributed by atoms with Crippen LogP contribution in [0.15, 0.2) is 24.3 Å². The van der Waals surface area contributed by atoms with E-state index in [1.54, 1.807) is 0 Å². The Kier molecular flexibility index (Phi) is 6.98. The van der Waals surface area contributed by atoms with Crippen LogP contribution in [-0.4, -0.2) is 5.78 Å². The van der Waals surface area contributed by atoms with Gasteiger partial charge in [-0.1, -0.05) is 57.9 Å². The first-order valence-corrected chi connectivity index (χ1v) is 8.17. The van der Waals surface area contributed by atoms with Crippen LogP contribution in [0, 0.1) is 12.3 Å². The fourth-order valence-corrected chi connectivity index (χ4v) is 3.32. The van der Waals surface area contributed by atoms with Gasteiger partial charge in [0.15, 0.2) is 0 Å². The van der Waals surface area contributed by atoms with Crippen molar-refractivity contribution in [1.29, 1.82) is 0 Å². The Morgan fingerprint density at radius 3 is 2.15 bits per heavy atom. The molecule has 0 amide bonds. The minimum atomic E-state index is -0.0633. The first-order chi connectivity index (χ1) is 9.59. The lowest BCUT2D eigenvalue weighted by Gasteiger charge is -2.31. The second kappa shape index (κ2) is 8.24. The lowest BCUT2D eigenvalue weighted by atomic mass is 9.72. The number of carbonyl (C=O) groups excluding carboxylic acids is 1. The fourth-order valence-electron chi connectivity index (χ4n) is 3.32.